The van der Waals surface area contributed by atoms with Gasteiger partial charge in [0.05, 0.1) is 3.92 Å². The summed E-state index contributed by atoms with van der Waals surface area (Å²) in [5.41, 5.74) is 2.21. The second-order valence-corrected chi connectivity index (χ2v) is 6.21. The first-order valence-corrected chi connectivity index (χ1v) is 7.90. The molecule has 19 heavy (non-hydrogen) atoms. The zero-order valence-electron chi connectivity index (χ0n) is 10.3. The Morgan fingerprint density at radius 3 is 2.84 bits per heavy atom. The fourth-order valence-electron chi connectivity index (χ4n) is 1.96. The first-order valence-electron chi connectivity index (χ1n) is 5.67. The minimum atomic E-state index is -0.800. The van der Waals surface area contributed by atoms with Crippen molar-refractivity contribution in [3.8, 4) is 0 Å². The molecule has 0 aliphatic carbocycles. The lowest BCUT2D eigenvalue weighted by atomic mass is 10.00. The summed E-state index contributed by atoms with van der Waals surface area (Å²) in [6.07, 6.45) is 3.86. The average Bonchev–Trinajstić information content (AvgIpc) is 2.54. The lowest BCUT2D eigenvalue weighted by Gasteiger charge is -2.14. The summed E-state index contributed by atoms with van der Waals surface area (Å²) >= 11 is 3.62. The summed E-state index contributed by atoms with van der Waals surface area (Å²) in [5.74, 6) is -1.18. The Morgan fingerprint density at radius 2 is 2.21 bits per heavy atom. The van der Waals surface area contributed by atoms with Crippen molar-refractivity contribution in [2.45, 2.75) is 16.6 Å². The van der Waals surface area contributed by atoms with Gasteiger partial charge in [-0.15, -0.1) is 11.8 Å². The van der Waals surface area contributed by atoms with Crippen LogP contribution in [0, 0.1) is 11.6 Å². The topological polar surface area (TPSA) is 12.4 Å². The molecule has 0 aromatic heterocycles. The highest BCUT2D eigenvalue weighted by molar-refractivity contribution is 14.1. The van der Waals surface area contributed by atoms with Crippen LogP contribution < -0.4 is 0 Å². The molecule has 5 heteroatoms. The zero-order valence-corrected chi connectivity index (χ0v) is 13.3. The van der Waals surface area contributed by atoms with Crippen LogP contribution in [-0.2, 0) is 5.75 Å². The number of alkyl halides is 1. The Kier molecular flexibility index (Phi) is 4.78. The van der Waals surface area contributed by atoms with Gasteiger partial charge < -0.3 is 0 Å². The summed E-state index contributed by atoms with van der Waals surface area (Å²) in [7, 11) is 0. The normalized spacial score (nSPS) is 19.5. The highest BCUT2D eigenvalue weighted by Gasteiger charge is 2.26. The minimum Gasteiger partial charge on any atom is -0.257 e. The first-order chi connectivity index (χ1) is 9.10. The number of benzene rings is 1. The van der Waals surface area contributed by atoms with Gasteiger partial charge in [-0.1, -0.05) is 40.8 Å². The molecular weight excluding hydrogens is 379 g/mol. The average molecular weight is 391 g/mol. The molecule has 1 aliphatic rings. The van der Waals surface area contributed by atoms with E-state index in [1.807, 2.05) is 19.1 Å². The Balaban J connectivity index is 2.61. The predicted octanol–water partition coefficient (Wildman–Crippen LogP) is 5.18. The Bertz CT molecular complexity index is 581. The van der Waals surface area contributed by atoms with Crippen molar-refractivity contribution in [1.29, 1.82) is 0 Å². The molecule has 2 rings (SSSR count). The summed E-state index contributed by atoms with van der Waals surface area (Å²) in [4.78, 5) is 4.01. The van der Waals surface area contributed by atoms with Gasteiger partial charge in [0.2, 0.25) is 0 Å². The standard InChI is InChI=1S/C14H12F2INS/c1-3-4-9-13(17)8-5-6-11(15)12(16)10(8)7-19-14(9)18-2/h3-6,13H,2,7H2,1H3/b4-3-. The lowest BCUT2D eigenvalue weighted by Crippen LogP contribution is -2.01. The number of rotatable bonds is 2. The number of thioether (sulfide) groups is 1. The van der Waals surface area contributed by atoms with E-state index in [1.165, 1.54) is 17.8 Å². The highest BCUT2D eigenvalue weighted by atomic mass is 127. The maximum atomic E-state index is 13.9. The van der Waals surface area contributed by atoms with Crippen LogP contribution in [0.1, 0.15) is 22.0 Å². The number of fused-ring (bicyclic) bond motifs is 1. The number of hydrogen-bond acceptors (Lipinski definition) is 2. The van der Waals surface area contributed by atoms with Crippen molar-refractivity contribution in [2.75, 3.05) is 0 Å². The fraction of sp³-hybridized carbons (Fsp3) is 0.214. The van der Waals surface area contributed by atoms with Crippen LogP contribution in [-0.4, -0.2) is 6.72 Å². The third kappa shape index (κ3) is 2.76. The van der Waals surface area contributed by atoms with Crippen LogP contribution in [0.2, 0.25) is 0 Å². The van der Waals surface area contributed by atoms with Crippen molar-refractivity contribution >= 4 is 41.1 Å². The SMILES string of the molecule is C=NC1=C(/C=C\C)C(I)c2ccc(F)c(F)c2CS1. The van der Waals surface area contributed by atoms with E-state index in [0.29, 0.717) is 11.3 Å². The van der Waals surface area contributed by atoms with E-state index in [9.17, 15) is 8.78 Å². The third-order valence-corrected chi connectivity index (χ3v) is 5.28. The van der Waals surface area contributed by atoms with Crippen LogP contribution in [0.3, 0.4) is 0 Å². The Labute approximate surface area is 129 Å². The van der Waals surface area contributed by atoms with Crippen LogP contribution >= 0.6 is 34.4 Å². The maximum Gasteiger partial charge on any atom is 0.163 e. The molecular formula is C14H12F2INS. The lowest BCUT2D eigenvalue weighted by molar-refractivity contribution is 0.501. The van der Waals surface area contributed by atoms with Gasteiger partial charge in [0.15, 0.2) is 11.6 Å². The summed E-state index contributed by atoms with van der Waals surface area (Å²) < 4.78 is 27.2. The quantitative estimate of drug-likeness (QED) is 0.385. The maximum absolute atomic E-state index is 13.9. The molecule has 1 atom stereocenters. The van der Waals surface area contributed by atoms with E-state index >= 15 is 0 Å². The second kappa shape index (κ2) is 6.17. The summed E-state index contributed by atoms with van der Waals surface area (Å²) in [6.45, 7) is 5.48. The van der Waals surface area contributed by atoms with Crippen LogP contribution in [0.25, 0.3) is 0 Å². The van der Waals surface area contributed by atoms with Crippen LogP contribution in [0.5, 0.6) is 0 Å². The van der Waals surface area contributed by atoms with E-state index in [2.05, 4.69) is 34.3 Å². The van der Waals surface area contributed by atoms with Gasteiger partial charge in [-0.2, -0.15) is 0 Å². The van der Waals surface area contributed by atoms with E-state index in [1.54, 1.807) is 6.07 Å². The smallest absolute Gasteiger partial charge is 0.163 e. The van der Waals surface area contributed by atoms with E-state index < -0.39 is 11.6 Å². The van der Waals surface area contributed by atoms with Crippen LogP contribution in [0.4, 0.5) is 8.78 Å². The van der Waals surface area contributed by atoms with Crippen molar-refractivity contribution in [3.05, 3.63) is 57.6 Å². The van der Waals surface area contributed by atoms with E-state index in [0.717, 1.165) is 16.2 Å². The molecule has 0 saturated heterocycles. The molecule has 0 spiro atoms. The monoisotopic (exact) mass is 391 g/mol. The van der Waals surface area contributed by atoms with Gasteiger partial charge in [0.25, 0.3) is 0 Å². The Hall–Kier alpha value is -0.690. The molecule has 100 valence electrons. The molecule has 0 radical (unpaired) electrons. The van der Waals surface area contributed by atoms with Gasteiger partial charge in [-0.25, -0.2) is 8.78 Å². The minimum absolute atomic E-state index is 0.0607. The second-order valence-electron chi connectivity index (χ2n) is 4.00. The number of allylic oxidation sites excluding steroid dienone is 3. The summed E-state index contributed by atoms with van der Waals surface area (Å²) in [6, 6.07) is 2.84. The van der Waals surface area contributed by atoms with Gasteiger partial charge in [-0.05, 0) is 25.3 Å². The van der Waals surface area contributed by atoms with Gasteiger partial charge in [-0.3, -0.25) is 4.99 Å². The molecule has 1 aromatic carbocycles. The van der Waals surface area contributed by atoms with Gasteiger partial charge >= 0.3 is 0 Å². The van der Waals surface area contributed by atoms with Crippen molar-refractivity contribution in [3.63, 3.8) is 0 Å². The molecule has 1 nitrogen and oxygen atoms in total. The third-order valence-electron chi connectivity index (χ3n) is 2.87. The number of halogens is 3. The molecule has 1 aliphatic heterocycles. The number of nitrogens with zero attached hydrogens (tertiary/aromatic N) is 1. The molecule has 1 aromatic rings. The number of hydrogen-bond donors (Lipinski definition) is 0. The van der Waals surface area contributed by atoms with Crippen molar-refractivity contribution in [1.82, 2.24) is 0 Å². The predicted molar refractivity (Wildman–Crippen MR) is 85.8 cm³/mol. The summed E-state index contributed by atoms with van der Waals surface area (Å²) in [5, 5.41) is 0.772. The molecule has 0 amide bonds. The van der Waals surface area contributed by atoms with E-state index in [4.69, 9.17) is 0 Å². The van der Waals surface area contributed by atoms with Crippen molar-refractivity contribution < 1.29 is 8.78 Å². The molecule has 0 fully saturated rings. The number of aliphatic imine (C=N–C) groups is 1. The van der Waals surface area contributed by atoms with Gasteiger partial charge in [0, 0.05) is 16.9 Å². The highest BCUT2D eigenvalue weighted by Crippen LogP contribution is 2.44. The molecule has 0 bridgehead atoms. The molecule has 1 heterocycles. The van der Waals surface area contributed by atoms with E-state index in [-0.39, 0.29) is 3.92 Å². The first kappa shape index (κ1) is 14.7. The molecule has 1 unspecified atom stereocenters. The van der Waals surface area contributed by atoms with Crippen molar-refractivity contribution in [2.24, 2.45) is 4.99 Å². The Morgan fingerprint density at radius 1 is 1.47 bits per heavy atom. The van der Waals surface area contributed by atoms with Crippen LogP contribution in [0.15, 0.2) is 39.9 Å². The van der Waals surface area contributed by atoms with Gasteiger partial charge in [0.1, 0.15) is 5.03 Å². The largest absolute Gasteiger partial charge is 0.257 e. The zero-order chi connectivity index (χ0) is 14.0. The fourth-order valence-corrected chi connectivity index (χ4v) is 4.28. The molecule has 0 saturated carbocycles. The molecule has 0 N–H and O–H groups in total.